The van der Waals surface area contributed by atoms with Crippen molar-refractivity contribution in [1.82, 2.24) is 5.32 Å². The highest BCUT2D eigenvalue weighted by Gasteiger charge is 2.40. The van der Waals surface area contributed by atoms with Gasteiger partial charge < -0.3 is 14.2 Å². The van der Waals surface area contributed by atoms with Gasteiger partial charge >= 0.3 is 18.3 Å². The number of furan rings is 2. The number of rotatable bonds is 3. The van der Waals surface area contributed by atoms with E-state index < -0.39 is 35.4 Å². The van der Waals surface area contributed by atoms with Crippen LogP contribution in [0.2, 0.25) is 0 Å². The molecule has 0 saturated carbocycles. The van der Waals surface area contributed by atoms with E-state index in [1.807, 2.05) is 0 Å². The number of benzene rings is 1. The van der Waals surface area contributed by atoms with Crippen molar-refractivity contribution in [2.75, 3.05) is 0 Å². The fourth-order valence-corrected chi connectivity index (χ4v) is 2.87. The molecule has 4 nitrogen and oxygen atoms in total. The van der Waals surface area contributed by atoms with E-state index in [0.29, 0.717) is 0 Å². The van der Waals surface area contributed by atoms with Crippen LogP contribution in [-0.2, 0) is 17.4 Å². The Labute approximate surface area is 141 Å². The van der Waals surface area contributed by atoms with E-state index >= 15 is 0 Å². The van der Waals surface area contributed by atoms with Crippen LogP contribution in [0.5, 0.6) is 0 Å². The van der Waals surface area contributed by atoms with Gasteiger partial charge in [0.1, 0.15) is 16.7 Å². The van der Waals surface area contributed by atoms with Crippen molar-refractivity contribution < 1.29 is 40.0 Å². The standard InChI is InChI=1S/C16H11F6NO3/c1-7(23-14(24)16(20,21)22)6-10-8-2-4-26-13(8)11(15(17,18)19)9-3-5-25-12(9)10/h2-5,7H,6H2,1H3,(H,23,24)/t7-/m1/s1. The van der Waals surface area contributed by atoms with Gasteiger partial charge in [0.2, 0.25) is 0 Å². The number of carbonyl (C=O) groups excluding carboxylic acids is 1. The molecule has 0 aliphatic carbocycles. The molecule has 0 radical (unpaired) electrons. The van der Waals surface area contributed by atoms with Crippen molar-refractivity contribution in [1.29, 1.82) is 0 Å². The number of alkyl halides is 6. The van der Waals surface area contributed by atoms with Crippen LogP contribution in [0.1, 0.15) is 18.1 Å². The molecule has 140 valence electrons. The summed E-state index contributed by atoms with van der Waals surface area (Å²) in [5.74, 6) is -2.13. The van der Waals surface area contributed by atoms with E-state index in [1.165, 1.54) is 13.0 Å². The molecule has 1 atom stereocenters. The van der Waals surface area contributed by atoms with Crippen LogP contribution >= 0.6 is 0 Å². The molecule has 1 amide bonds. The maximum atomic E-state index is 13.4. The zero-order chi connectivity index (χ0) is 19.3. The van der Waals surface area contributed by atoms with Gasteiger partial charge in [-0.2, -0.15) is 26.3 Å². The van der Waals surface area contributed by atoms with Crippen LogP contribution in [-0.4, -0.2) is 18.1 Å². The predicted octanol–water partition coefficient (Wildman–Crippen LogP) is 4.81. The lowest BCUT2D eigenvalue weighted by Crippen LogP contribution is -2.42. The molecule has 26 heavy (non-hydrogen) atoms. The number of hydrogen-bond donors (Lipinski definition) is 1. The highest BCUT2D eigenvalue weighted by molar-refractivity contribution is 6.02. The summed E-state index contributed by atoms with van der Waals surface area (Å²) < 4.78 is 87.5. The number of fused-ring (bicyclic) bond motifs is 2. The second-order valence-electron chi connectivity index (χ2n) is 5.75. The minimum Gasteiger partial charge on any atom is -0.464 e. The smallest absolute Gasteiger partial charge is 0.464 e. The lowest BCUT2D eigenvalue weighted by atomic mass is 9.96. The van der Waals surface area contributed by atoms with Crippen molar-refractivity contribution in [2.24, 2.45) is 0 Å². The predicted molar refractivity (Wildman–Crippen MR) is 78.4 cm³/mol. The molecular weight excluding hydrogens is 368 g/mol. The van der Waals surface area contributed by atoms with Gasteiger partial charge in [-0.25, -0.2) is 0 Å². The normalized spacial score (nSPS) is 14.1. The summed E-state index contributed by atoms with van der Waals surface area (Å²) in [6, 6.07) is 1.38. The van der Waals surface area contributed by atoms with Crippen molar-refractivity contribution >= 4 is 27.8 Å². The molecule has 2 aromatic heterocycles. The molecular formula is C16H11F6NO3. The molecule has 1 aromatic carbocycles. The van der Waals surface area contributed by atoms with Gasteiger partial charge in [-0.1, -0.05) is 0 Å². The van der Waals surface area contributed by atoms with E-state index in [-0.39, 0.29) is 28.3 Å². The van der Waals surface area contributed by atoms with Gasteiger partial charge in [-0.15, -0.1) is 0 Å². The Kier molecular flexibility index (Phi) is 4.16. The van der Waals surface area contributed by atoms with Crippen molar-refractivity contribution in [3.05, 3.63) is 35.8 Å². The molecule has 0 unspecified atom stereocenters. The molecule has 3 aromatic rings. The molecule has 10 heteroatoms. The largest absolute Gasteiger partial charge is 0.471 e. The Hall–Kier alpha value is -2.65. The zero-order valence-electron chi connectivity index (χ0n) is 13.1. The molecule has 0 aliphatic heterocycles. The summed E-state index contributed by atoms with van der Waals surface area (Å²) in [5.41, 5.74) is -1.34. The van der Waals surface area contributed by atoms with Crippen LogP contribution in [0.15, 0.2) is 33.5 Å². The summed E-state index contributed by atoms with van der Waals surface area (Å²) in [6.07, 6.45) is -7.84. The topological polar surface area (TPSA) is 55.4 Å². The Morgan fingerprint density at radius 1 is 1.04 bits per heavy atom. The lowest BCUT2D eigenvalue weighted by Gasteiger charge is -2.17. The Bertz CT molecular complexity index is 914. The summed E-state index contributed by atoms with van der Waals surface area (Å²) in [5, 5.41) is 1.57. The molecule has 0 fully saturated rings. The van der Waals surface area contributed by atoms with Crippen LogP contribution in [0.25, 0.3) is 21.9 Å². The Morgan fingerprint density at radius 2 is 1.62 bits per heavy atom. The second kappa shape index (κ2) is 5.96. The first-order valence-electron chi connectivity index (χ1n) is 7.34. The highest BCUT2D eigenvalue weighted by atomic mass is 19.4. The molecule has 0 saturated heterocycles. The van der Waals surface area contributed by atoms with E-state index in [2.05, 4.69) is 0 Å². The Morgan fingerprint density at radius 3 is 2.19 bits per heavy atom. The Balaban J connectivity index is 2.08. The quantitative estimate of drug-likeness (QED) is 0.665. The molecule has 0 aliphatic rings. The first-order valence-corrected chi connectivity index (χ1v) is 7.34. The SMILES string of the molecule is C[C@H](Cc1c2ccoc2c(C(F)(F)F)c2ccoc12)NC(=O)C(F)(F)F. The van der Waals surface area contributed by atoms with Crippen molar-refractivity contribution in [3.8, 4) is 0 Å². The van der Waals surface area contributed by atoms with Gasteiger partial charge in [0.15, 0.2) is 0 Å². The third-order valence-electron chi connectivity index (χ3n) is 3.85. The van der Waals surface area contributed by atoms with Crippen molar-refractivity contribution in [2.45, 2.75) is 31.7 Å². The molecule has 2 heterocycles. The van der Waals surface area contributed by atoms with Gasteiger partial charge in [-0.3, -0.25) is 4.79 Å². The monoisotopic (exact) mass is 379 g/mol. The molecule has 0 spiro atoms. The van der Waals surface area contributed by atoms with Gasteiger partial charge in [0.25, 0.3) is 0 Å². The fourth-order valence-electron chi connectivity index (χ4n) is 2.87. The lowest BCUT2D eigenvalue weighted by molar-refractivity contribution is -0.174. The first-order chi connectivity index (χ1) is 12.0. The van der Waals surface area contributed by atoms with Gasteiger partial charge in [-0.05, 0) is 25.5 Å². The summed E-state index contributed by atoms with van der Waals surface area (Å²) in [7, 11) is 0. The maximum Gasteiger partial charge on any atom is 0.471 e. The van der Waals surface area contributed by atoms with Crippen LogP contribution < -0.4 is 5.32 Å². The molecule has 3 rings (SSSR count). The average Bonchev–Trinajstić information content (AvgIpc) is 3.13. The highest BCUT2D eigenvalue weighted by Crippen LogP contribution is 2.43. The van der Waals surface area contributed by atoms with Crippen LogP contribution in [0.3, 0.4) is 0 Å². The third kappa shape index (κ3) is 3.11. The minimum atomic E-state index is -5.06. The van der Waals surface area contributed by atoms with Crippen molar-refractivity contribution in [3.63, 3.8) is 0 Å². The first kappa shape index (κ1) is 18.2. The maximum absolute atomic E-state index is 13.4. The molecule has 1 N–H and O–H groups in total. The number of halogens is 6. The second-order valence-corrected chi connectivity index (χ2v) is 5.75. The summed E-state index contributed by atoms with van der Waals surface area (Å²) in [6.45, 7) is 1.31. The minimum absolute atomic E-state index is 0.0629. The van der Waals surface area contributed by atoms with Crippen LogP contribution in [0, 0.1) is 0 Å². The summed E-state index contributed by atoms with van der Waals surface area (Å²) in [4.78, 5) is 11.1. The van der Waals surface area contributed by atoms with E-state index in [0.717, 1.165) is 18.6 Å². The molecule has 0 bridgehead atoms. The summed E-state index contributed by atoms with van der Waals surface area (Å²) >= 11 is 0. The van der Waals surface area contributed by atoms with E-state index in [4.69, 9.17) is 8.83 Å². The fraction of sp³-hybridized carbons (Fsp3) is 0.312. The van der Waals surface area contributed by atoms with E-state index in [1.54, 1.807) is 5.32 Å². The van der Waals surface area contributed by atoms with Gasteiger partial charge in [0.05, 0.1) is 12.5 Å². The zero-order valence-corrected chi connectivity index (χ0v) is 13.1. The average molecular weight is 379 g/mol. The van der Waals surface area contributed by atoms with E-state index in [9.17, 15) is 31.1 Å². The van der Waals surface area contributed by atoms with Gasteiger partial charge in [0, 0.05) is 22.4 Å². The third-order valence-corrected chi connectivity index (χ3v) is 3.85. The number of nitrogens with one attached hydrogen (secondary N) is 1. The number of amides is 1. The number of carbonyl (C=O) groups is 1. The number of hydrogen-bond acceptors (Lipinski definition) is 3. The van der Waals surface area contributed by atoms with Crippen LogP contribution in [0.4, 0.5) is 26.3 Å².